The van der Waals surface area contributed by atoms with E-state index in [1.807, 2.05) is 0 Å². The minimum atomic E-state index is 0.667. The summed E-state index contributed by atoms with van der Waals surface area (Å²) < 4.78 is 6.08. The van der Waals surface area contributed by atoms with E-state index in [1.165, 1.54) is 25.7 Å². The maximum absolute atomic E-state index is 5.42. The Hall–Kier alpha value is -0.130. The van der Waals surface area contributed by atoms with Crippen LogP contribution in [0.2, 0.25) is 0 Å². The molecule has 1 heterocycles. The summed E-state index contributed by atoms with van der Waals surface area (Å²) in [5, 5.41) is 7.93. The van der Waals surface area contributed by atoms with Gasteiger partial charge >= 0.3 is 0 Å². The lowest BCUT2D eigenvalue weighted by atomic mass is 9.86. The van der Waals surface area contributed by atoms with E-state index in [9.17, 15) is 0 Å². The molecule has 0 radical (unpaired) electrons. The first-order valence-corrected chi connectivity index (χ1v) is 6.37. The zero-order valence-electron chi connectivity index (χ0n) is 7.95. The van der Waals surface area contributed by atoms with Crippen LogP contribution >= 0.6 is 22.6 Å². The van der Waals surface area contributed by atoms with Gasteiger partial charge in [-0.15, -0.1) is 10.2 Å². The van der Waals surface area contributed by atoms with Crippen LogP contribution in [0.5, 0.6) is 0 Å². The average Bonchev–Trinajstić information content (AvgIpc) is 2.82. The van der Waals surface area contributed by atoms with Crippen LogP contribution in [-0.2, 0) is 6.42 Å². The molecule has 76 valence electrons. The summed E-state index contributed by atoms with van der Waals surface area (Å²) in [4.78, 5) is 0. The molecule has 3 rings (SSSR count). The van der Waals surface area contributed by atoms with Crippen molar-refractivity contribution in [1.29, 1.82) is 0 Å². The van der Waals surface area contributed by atoms with Crippen molar-refractivity contribution >= 4 is 22.6 Å². The van der Waals surface area contributed by atoms with E-state index in [4.69, 9.17) is 4.42 Å². The van der Waals surface area contributed by atoms with E-state index in [2.05, 4.69) is 32.8 Å². The maximum Gasteiger partial charge on any atom is 0.278 e. The lowest BCUT2D eigenvalue weighted by Gasteiger charge is -2.19. The van der Waals surface area contributed by atoms with Crippen LogP contribution in [0.25, 0.3) is 0 Å². The van der Waals surface area contributed by atoms with Gasteiger partial charge in [-0.1, -0.05) is 6.42 Å². The van der Waals surface area contributed by atoms with E-state index in [0.717, 1.165) is 30.1 Å². The quantitative estimate of drug-likeness (QED) is 0.789. The molecule has 4 heteroatoms. The smallest absolute Gasteiger partial charge is 0.278 e. The molecule has 3 atom stereocenters. The summed E-state index contributed by atoms with van der Waals surface area (Å²) in [6.45, 7) is 0. The van der Waals surface area contributed by atoms with Gasteiger partial charge in [0.05, 0.1) is 0 Å². The molecule has 0 amide bonds. The van der Waals surface area contributed by atoms with Gasteiger partial charge in [0.2, 0.25) is 5.89 Å². The van der Waals surface area contributed by atoms with Crippen molar-refractivity contribution in [2.24, 2.45) is 17.8 Å². The second kappa shape index (κ2) is 3.47. The number of hydrogen-bond acceptors (Lipinski definition) is 3. The Morgan fingerprint density at radius 3 is 2.79 bits per heavy atom. The van der Waals surface area contributed by atoms with Gasteiger partial charge in [-0.3, -0.25) is 0 Å². The molecule has 3 unspecified atom stereocenters. The van der Waals surface area contributed by atoms with Crippen LogP contribution in [0, 0.1) is 21.7 Å². The van der Waals surface area contributed by atoms with Crippen molar-refractivity contribution in [1.82, 2.24) is 10.2 Å². The Morgan fingerprint density at radius 1 is 1.29 bits per heavy atom. The van der Waals surface area contributed by atoms with Gasteiger partial charge in [0.1, 0.15) is 0 Å². The van der Waals surface area contributed by atoms with Crippen molar-refractivity contribution in [3.05, 3.63) is 9.79 Å². The molecule has 0 N–H and O–H groups in total. The Balaban J connectivity index is 1.68. The summed E-state index contributed by atoms with van der Waals surface area (Å²) in [7, 11) is 0. The van der Waals surface area contributed by atoms with Gasteiger partial charge in [0, 0.05) is 29.0 Å². The number of hydrogen-bond donors (Lipinski definition) is 0. The SMILES string of the molecule is Ic1nnc(CC2CC3CCC2C3)o1. The molecule has 0 spiro atoms. The van der Waals surface area contributed by atoms with Crippen LogP contribution in [0.3, 0.4) is 0 Å². The molecular formula is C10H13IN2O. The summed E-state index contributed by atoms with van der Waals surface area (Å²) in [5.41, 5.74) is 0. The predicted molar refractivity (Wildman–Crippen MR) is 59.7 cm³/mol. The fraction of sp³-hybridized carbons (Fsp3) is 0.800. The van der Waals surface area contributed by atoms with Gasteiger partial charge in [-0.25, -0.2) is 0 Å². The van der Waals surface area contributed by atoms with Crippen molar-refractivity contribution in [3.8, 4) is 0 Å². The molecule has 2 fully saturated rings. The topological polar surface area (TPSA) is 38.9 Å². The van der Waals surface area contributed by atoms with Crippen LogP contribution in [-0.4, -0.2) is 10.2 Å². The Kier molecular flexibility index (Phi) is 2.26. The number of halogens is 1. The van der Waals surface area contributed by atoms with Gasteiger partial charge < -0.3 is 4.42 Å². The first-order valence-electron chi connectivity index (χ1n) is 5.29. The monoisotopic (exact) mass is 304 g/mol. The minimum Gasteiger partial charge on any atom is -0.416 e. The lowest BCUT2D eigenvalue weighted by Crippen LogP contribution is -2.13. The fourth-order valence-electron chi connectivity index (χ4n) is 3.17. The van der Waals surface area contributed by atoms with E-state index in [-0.39, 0.29) is 0 Å². The largest absolute Gasteiger partial charge is 0.416 e. The number of rotatable bonds is 2. The van der Waals surface area contributed by atoms with E-state index in [1.54, 1.807) is 0 Å². The fourth-order valence-corrected chi connectivity index (χ4v) is 3.53. The second-order valence-corrected chi connectivity index (χ2v) is 5.51. The molecule has 2 aliphatic carbocycles. The highest BCUT2D eigenvalue weighted by atomic mass is 127. The van der Waals surface area contributed by atoms with Gasteiger partial charge in [-0.2, -0.15) is 0 Å². The summed E-state index contributed by atoms with van der Waals surface area (Å²) in [5.74, 6) is 3.62. The normalized spacial score (nSPS) is 35.4. The highest BCUT2D eigenvalue weighted by Crippen LogP contribution is 2.49. The minimum absolute atomic E-state index is 0.667. The van der Waals surface area contributed by atoms with Crippen LogP contribution in [0.1, 0.15) is 31.6 Å². The van der Waals surface area contributed by atoms with E-state index < -0.39 is 0 Å². The summed E-state index contributed by atoms with van der Waals surface area (Å²) in [6, 6.07) is 0. The molecule has 2 saturated carbocycles. The van der Waals surface area contributed by atoms with E-state index >= 15 is 0 Å². The standard InChI is InChI=1S/C10H13IN2O/c11-10-13-12-9(14-10)5-8-4-6-1-2-7(8)3-6/h6-8H,1-5H2. The maximum atomic E-state index is 5.42. The van der Waals surface area contributed by atoms with Crippen molar-refractivity contribution in [2.45, 2.75) is 32.1 Å². The molecular weight excluding hydrogens is 291 g/mol. The number of fused-ring (bicyclic) bond motifs is 2. The summed E-state index contributed by atoms with van der Waals surface area (Å²) >= 11 is 2.07. The van der Waals surface area contributed by atoms with E-state index in [0.29, 0.717) is 3.90 Å². The highest BCUT2D eigenvalue weighted by molar-refractivity contribution is 14.1. The van der Waals surface area contributed by atoms with Crippen LogP contribution < -0.4 is 0 Å². The van der Waals surface area contributed by atoms with Gasteiger partial charge in [0.15, 0.2) is 0 Å². The molecule has 1 aromatic rings. The first kappa shape index (κ1) is 9.12. The van der Waals surface area contributed by atoms with Gasteiger partial charge in [-0.05, 0) is 37.0 Å². The molecule has 0 aromatic carbocycles. The van der Waals surface area contributed by atoms with Crippen molar-refractivity contribution in [3.63, 3.8) is 0 Å². The Labute approximate surface area is 96.8 Å². The highest BCUT2D eigenvalue weighted by Gasteiger charge is 2.39. The zero-order valence-corrected chi connectivity index (χ0v) is 10.1. The third kappa shape index (κ3) is 1.57. The first-order chi connectivity index (χ1) is 6.81. The summed E-state index contributed by atoms with van der Waals surface area (Å²) in [6.07, 6.45) is 6.75. The number of nitrogens with zero attached hydrogens (tertiary/aromatic N) is 2. The molecule has 0 aliphatic heterocycles. The molecule has 0 saturated heterocycles. The van der Waals surface area contributed by atoms with Crippen molar-refractivity contribution in [2.75, 3.05) is 0 Å². The Morgan fingerprint density at radius 2 is 2.21 bits per heavy atom. The molecule has 14 heavy (non-hydrogen) atoms. The molecule has 3 nitrogen and oxygen atoms in total. The average molecular weight is 304 g/mol. The Bertz CT molecular complexity index is 339. The third-order valence-electron chi connectivity index (χ3n) is 3.76. The molecule has 1 aromatic heterocycles. The molecule has 2 aliphatic rings. The second-order valence-electron chi connectivity index (χ2n) is 4.59. The zero-order chi connectivity index (χ0) is 9.54. The third-order valence-corrected chi connectivity index (χ3v) is 4.20. The van der Waals surface area contributed by atoms with Crippen molar-refractivity contribution < 1.29 is 4.42 Å². The predicted octanol–water partition coefficient (Wildman–Crippen LogP) is 2.65. The van der Waals surface area contributed by atoms with Crippen LogP contribution in [0.15, 0.2) is 4.42 Å². The van der Waals surface area contributed by atoms with Gasteiger partial charge in [0.25, 0.3) is 3.90 Å². The van der Waals surface area contributed by atoms with Crippen LogP contribution in [0.4, 0.5) is 0 Å². The lowest BCUT2D eigenvalue weighted by molar-refractivity contribution is 0.305. The molecule has 2 bridgehead atoms. The number of aromatic nitrogens is 2.